The summed E-state index contributed by atoms with van der Waals surface area (Å²) in [5.74, 6) is 0.142. The van der Waals surface area contributed by atoms with Gasteiger partial charge in [0.2, 0.25) is 0 Å². The summed E-state index contributed by atoms with van der Waals surface area (Å²) in [4.78, 5) is 11.1. The van der Waals surface area contributed by atoms with Crippen LogP contribution in [0.5, 0.6) is 0 Å². The molecule has 0 fully saturated rings. The predicted molar refractivity (Wildman–Crippen MR) is 53.8 cm³/mol. The zero-order valence-corrected chi connectivity index (χ0v) is 8.75. The monoisotopic (exact) mass is 269 g/mol. The second-order valence-electron chi connectivity index (χ2n) is 1.95. The summed E-state index contributed by atoms with van der Waals surface area (Å²) in [6, 6.07) is -0.262. The van der Waals surface area contributed by atoms with Crippen LogP contribution in [0.2, 0.25) is 0 Å². The van der Waals surface area contributed by atoms with Gasteiger partial charge in [0.05, 0.1) is 22.9 Å². The average molecular weight is 269 g/mol. The van der Waals surface area contributed by atoms with Crippen LogP contribution in [0.15, 0.2) is 5.10 Å². The third kappa shape index (κ3) is 4.31. The largest absolute Gasteiger partial charge is 0.306 e. The fourth-order valence-electron chi connectivity index (χ4n) is 0.641. The highest BCUT2D eigenvalue weighted by atomic mass is 127. The molecule has 0 amide bonds. The molecule has 5 heteroatoms. The van der Waals surface area contributed by atoms with Gasteiger partial charge in [0, 0.05) is 12.6 Å². The third-order valence-electron chi connectivity index (χ3n) is 1.28. The molecule has 1 unspecified atom stereocenters. The molecule has 4 nitrogen and oxygen atoms in total. The minimum Gasteiger partial charge on any atom is -0.306 e. The van der Waals surface area contributed by atoms with Crippen molar-refractivity contribution in [1.82, 2.24) is 8.96 Å². The molecule has 0 aliphatic carbocycles. The number of hydrogen-bond donors (Lipinski definition) is 2. The van der Waals surface area contributed by atoms with Gasteiger partial charge in [-0.05, 0) is 7.05 Å². The van der Waals surface area contributed by atoms with Crippen molar-refractivity contribution < 1.29 is 4.79 Å². The Bertz CT molecular complexity index is 149. The number of carbonyl (C=O) groups is 1. The Balaban J connectivity index is 3.94. The van der Waals surface area contributed by atoms with Gasteiger partial charge in [-0.3, -0.25) is 4.79 Å². The molecule has 2 N–H and O–H groups in total. The van der Waals surface area contributed by atoms with Crippen LogP contribution in [0.1, 0.15) is 13.3 Å². The van der Waals surface area contributed by atoms with Crippen molar-refractivity contribution in [3.63, 3.8) is 0 Å². The van der Waals surface area contributed by atoms with Gasteiger partial charge in [-0.1, -0.05) is 6.92 Å². The molecule has 64 valence electrons. The molecule has 0 aliphatic heterocycles. The van der Waals surface area contributed by atoms with Gasteiger partial charge in [0.25, 0.3) is 0 Å². The van der Waals surface area contributed by atoms with Crippen LogP contribution in [0.4, 0.5) is 0 Å². The van der Waals surface area contributed by atoms with E-state index in [1.807, 2.05) is 29.8 Å². The minimum atomic E-state index is -0.262. The quantitative estimate of drug-likeness (QED) is 0.330. The lowest BCUT2D eigenvalue weighted by molar-refractivity contribution is -0.119. The van der Waals surface area contributed by atoms with Gasteiger partial charge in [-0.15, -0.1) is 0 Å². The first-order valence-electron chi connectivity index (χ1n) is 3.35. The third-order valence-corrected chi connectivity index (χ3v) is 1.56. The Morgan fingerprint density at radius 1 is 1.82 bits per heavy atom. The summed E-state index contributed by atoms with van der Waals surface area (Å²) in [6.07, 6.45) is 2.08. The Morgan fingerprint density at radius 2 is 2.45 bits per heavy atom. The number of nitrogens with zero attached hydrogens (tertiary/aromatic N) is 1. The lowest BCUT2D eigenvalue weighted by Gasteiger charge is -2.06. The van der Waals surface area contributed by atoms with E-state index in [-0.39, 0.29) is 11.8 Å². The van der Waals surface area contributed by atoms with E-state index in [1.54, 1.807) is 13.3 Å². The van der Waals surface area contributed by atoms with Gasteiger partial charge in [-0.25, -0.2) is 3.64 Å². The normalized spacial score (nSPS) is 13.4. The van der Waals surface area contributed by atoms with Gasteiger partial charge < -0.3 is 5.32 Å². The topological polar surface area (TPSA) is 53.5 Å². The van der Waals surface area contributed by atoms with Crippen LogP contribution >= 0.6 is 22.9 Å². The molecule has 0 saturated heterocycles. The lowest BCUT2D eigenvalue weighted by Crippen LogP contribution is -2.35. The second-order valence-corrected chi connectivity index (χ2v) is 2.43. The van der Waals surface area contributed by atoms with Crippen LogP contribution in [0, 0.1) is 0 Å². The number of nitrogens with one attached hydrogen (secondary N) is 2. The molecule has 11 heavy (non-hydrogen) atoms. The van der Waals surface area contributed by atoms with Crippen molar-refractivity contribution in [2.75, 3.05) is 7.05 Å². The molecule has 0 aromatic heterocycles. The average Bonchev–Trinajstić information content (AvgIpc) is 2.05. The van der Waals surface area contributed by atoms with Crippen LogP contribution in [-0.2, 0) is 4.79 Å². The zero-order valence-electron chi connectivity index (χ0n) is 6.60. The van der Waals surface area contributed by atoms with E-state index in [0.717, 1.165) is 0 Å². The fourth-order valence-corrected chi connectivity index (χ4v) is 0.802. The van der Waals surface area contributed by atoms with Crippen LogP contribution in [0.25, 0.3) is 0 Å². The van der Waals surface area contributed by atoms with E-state index in [1.165, 1.54) is 0 Å². The molecule has 0 heterocycles. The van der Waals surface area contributed by atoms with E-state index in [0.29, 0.717) is 6.42 Å². The first-order chi connectivity index (χ1) is 5.26. The first-order valence-corrected chi connectivity index (χ1v) is 4.43. The van der Waals surface area contributed by atoms with E-state index in [2.05, 4.69) is 14.1 Å². The van der Waals surface area contributed by atoms with Crippen molar-refractivity contribution in [1.29, 1.82) is 0 Å². The maximum absolute atomic E-state index is 11.1. The molecular weight excluding hydrogens is 257 g/mol. The van der Waals surface area contributed by atoms with E-state index >= 15 is 0 Å². The molecule has 0 spiro atoms. The number of ketones is 1. The maximum Gasteiger partial charge on any atom is 0.155 e. The summed E-state index contributed by atoms with van der Waals surface area (Å²) in [6.45, 7) is 1.83. The molecule has 1 atom stereocenters. The summed E-state index contributed by atoms with van der Waals surface area (Å²) in [7, 11) is 1.73. The summed E-state index contributed by atoms with van der Waals surface area (Å²) in [5.41, 5.74) is 0. The SMILES string of the molecule is CCC(=O)C(/C=N/NI)NC. The first kappa shape index (κ1) is 10.8. The molecule has 0 rings (SSSR count). The van der Waals surface area contributed by atoms with Gasteiger partial charge in [0.1, 0.15) is 6.04 Å². The number of rotatable bonds is 5. The van der Waals surface area contributed by atoms with Crippen LogP contribution in [0.3, 0.4) is 0 Å². The minimum absolute atomic E-state index is 0.142. The molecule has 0 radical (unpaired) electrons. The molecule has 0 saturated carbocycles. The molecular formula is C6H12IN3O. The van der Waals surface area contributed by atoms with E-state index in [9.17, 15) is 4.79 Å². The number of likely N-dealkylation sites (N-methyl/N-ethyl adjacent to an activating group) is 1. The van der Waals surface area contributed by atoms with Gasteiger partial charge in [-0.2, -0.15) is 5.10 Å². The number of hydrogen-bond acceptors (Lipinski definition) is 4. The maximum atomic E-state index is 11.1. The highest BCUT2D eigenvalue weighted by molar-refractivity contribution is 14.1. The number of Topliss-reactive ketones (excluding diaryl/α,β-unsaturated/α-hetero) is 1. The highest BCUT2D eigenvalue weighted by Crippen LogP contribution is 1.87. The Morgan fingerprint density at radius 3 is 2.82 bits per heavy atom. The molecule has 0 aromatic carbocycles. The van der Waals surface area contributed by atoms with Crippen molar-refractivity contribution in [3.05, 3.63) is 0 Å². The summed E-state index contributed by atoms with van der Waals surface area (Å²) < 4.78 is 2.56. The number of hydrazone groups is 1. The smallest absolute Gasteiger partial charge is 0.155 e. The lowest BCUT2D eigenvalue weighted by atomic mass is 10.2. The Kier molecular flexibility index (Phi) is 6.43. The zero-order chi connectivity index (χ0) is 8.69. The predicted octanol–water partition coefficient (Wildman–Crippen LogP) is 0.479. The van der Waals surface area contributed by atoms with Crippen molar-refractivity contribution in [3.8, 4) is 0 Å². The number of halogens is 1. The highest BCUT2D eigenvalue weighted by Gasteiger charge is 2.10. The van der Waals surface area contributed by atoms with E-state index < -0.39 is 0 Å². The van der Waals surface area contributed by atoms with E-state index in [4.69, 9.17) is 0 Å². The Hall–Kier alpha value is -0.170. The van der Waals surface area contributed by atoms with Crippen molar-refractivity contribution in [2.24, 2.45) is 5.10 Å². The van der Waals surface area contributed by atoms with Crippen LogP contribution < -0.4 is 8.96 Å². The van der Waals surface area contributed by atoms with Crippen LogP contribution in [-0.4, -0.2) is 25.1 Å². The number of carbonyl (C=O) groups excluding carboxylic acids is 1. The molecule has 0 aliphatic rings. The molecule has 0 aromatic rings. The standard InChI is InChI=1S/C6H12IN3O/c1-3-6(11)5(8-2)4-9-10-7/h4-5,8,10H,3H2,1-2H3/b9-4+. The second kappa shape index (κ2) is 6.53. The van der Waals surface area contributed by atoms with Gasteiger partial charge >= 0.3 is 0 Å². The molecule has 0 bridgehead atoms. The fraction of sp³-hybridized carbons (Fsp3) is 0.667. The van der Waals surface area contributed by atoms with Crippen molar-refractivity contribution in [2.45, 2.75) is 19.4 Å². The Labute approximate surface area is 80.3 Å². The van der Waals surface area contributed by atoms with Gasteiger partial charge in [0.15, 0.2) is 5.78 Å². The summed E-state index contributed by atoms with van der Waals surface area (Å²) >= 11 is 1.89. The van der Waals surface area contributed by atoms with Crippen molar-refractivity contribution >= 4 is 34.9 Å². The summed E-state index contributed by atoms with van der Waals surface area (Å²) in [5, 5.41) is 6.59.